The molecule has 0 radical (unpaired) electrons. The summed E-state index contributed by atoms with van der Waals surface area (Å²) in [6.07, 6.45) is 1.75. The first-order valence-corrected chi connectivity index (χ1v) is 8.44. The van der Waals surface area contributed by atoms with Crippen molar-refractivity contribution in [1.82, 2.24) is 9.78 Å². The van der Waals surface area contributed by atoms with Crippen LogP contribution >= 0.6 is 34.8 Å². The van der Waals surface area contributed by atoms with Crippen LogP contribution in [0.2, 0.25) is 15.1 Å². The molecule has 3 aromatic rings. The Balaban J connectivity index is 1.61. The van der Waals surface area contributed by atoms with Crippen molar-refractivity contribution in [3.8, 4) is 0 Å². The fraction of sp³-hybridized carbons (Fsp3) is 0.0588. The summed E-state index contributed by atoms with van der Waals surface area (Å²) in [6, 6.07) is 13.4. The zero-order chi connectivity index (χ0) is 17.8. The van der Waals surface area contributed by atoms with Gasteiger partial charge in [0.2, 0.25) is 0 Å². The number of nitrogens with one attached hydrogen (secondary N) is 2. The van der Waals surface area contributed by atoms with Crippen LogP contribution in [0.1, 0.15) is 5.56 Å². The third-order valence-corrected chi connectivity index (χ3v) is 4.17. The molecule has 3 rings (SSSR count). The van der Waals surface area contributed by atoms with Crippen LogP contribution in [0.25, 0.3) is 0 Å². The Morgan fingerprint density at radius 1 is 0.960 bits per heavy atom. The van der Waals surface area contributed by atoms with Crippen LogP contribution in [0.4, 0.5) is 16.3 Å². The van der Waals surface area contributed by atoms with Crippen LogP contribution in [0.15, 0.2) is 54.7 Å². The lowest BCUT2D eigenvalue weighted by Gasteiger charge is -2.06. The molecule has 128 valence electrons. The van der Waals surface area contributed by atoms with Crippen molar-refractivity contribution >= 4 is 52.3 Å². The quantitative estimate of drug-likeness (QED) is 0.609. The van der Waals surface area contributed by atoms with Crippen LogP contribution in [0.5, 0.6) is 0 Å². The number of rotatable bonds is 4. The van der Waals surface area contributed by atoms with Crippen LogP contribution in [-0.2, 0) is 6.54 Å². The zero-order valence-electron chi connectivity index (χ0n) is 12.8. The van der Waals surface area contributed by atoms with Crippen molar-refractivity contribution in [2.75, 3.05) is 10.6 Å². The molecule has 25 heavy (non-hydrogen) atoms. The first-order chi connectivity index (χ1) is 12.0. The normalized spacial score (nSPS) is 10.5. The number of hydrogen-bond donors (Lipinski definition) is 2. The predicted molar refractivity (Wildman–Crippen MR) is 102 cm³/mol. The Labute approximate surface area is 159 Å². The molecule has 0 spiro atoms. The van der Waals surface area contributed by atoms with Gasteiger partial charge in [-0.3, -0.25) is 10.00 Å². The Bertz CT molecular complexity index is 893. The van der Waals surface area contributed by atoms with Crippen molar-refractivity contribution in [3.05, 3.63) is 75.4 Å². The van der Waals surface area contributed by atoms with Crippen LogP contribution in [-0.4, -0.2) is 15.8 Å². The summed E-state index contributed by atoms with van der Waals surface area (Å²) < 4.78 is 1.67. The van der Waals surface area contributed by atoms with E-state index in [9.17, 15) is 4.79 Å². The summed E-state index contributed by atoms with van der Waals surface area (Å²) in [7, 11) is 0. The standard InChI is InChI=1S/C17H13Cl3N4O/c18-12-3-5-14(6-4-12)21-17(25)22-16-7-8-24(23-16)10-11-1-2-13(19)9-15(11)20/h1-9H,10H2,(H2,21,22,23,25). The fourth-order valence-electron chi connectivity index (χ4n) is 2.15. The second-order valence-electron chi connectivity index (χ2n) is 5.22. The molecule has 0 atom stereocenters. The largest absolute Gasteiger partial charge is 0.324 e. The molecular weight excluding hydrogens is 383 g/mol. The number of carbonyl (C=O) groups is 1. The first kappa shape index (κ1) is 17.6. The van der Waals surface area contributed by atoms with Gasteiger partial charge in [-0.15, -0.1) is 0 Å². The number of amides is 2. The van der Waals surface area contributed by atoms with E-state index in [0.29, 0.717) is 33.1 Å². The van der Waals surface area contributed by atoms with Crippen LogP contribution < -0.4 is 10.6 Å². The summed E-state index contributed by atoms with van der Waals surface area (Å²) in [6.45, 7) is 0.469. The second kappa shape index (κ2) is 7.78. The summed E-state index contributed by atoms with van der Waals surface area (Å²) in [5.74, 6) is 0.427. The van der Waals surface area contributed by atoms with Gasteiger partial charge in [0.25, 0.3) is 0 Å². The van der Waals surface area contributed by atoms with Gasteiger partial charge in [-0.2, -0.15) is 5.10 Å². The van der Waals surface area contributed by atoms with E-state index in [0.717, 1.165) is 5.56 Å². The lowest BCUT2D eigenvalue weighted by Crippen LogP contribution is -2.19. The van der Waals surface area contributed by atoms with E-state index in [4.69, 9.17) is 34.8 Å². The molecule has 2 aromatic carbocycles. The van der Waals surface area contributed by atoms with Crippen molar-refractivity contribution in [2.24, 2.45) is 0 Å². The minimum Gasteiger partial charge on any atom is -0.308 e. The summed E-state index contributed by atoms with van der Waals surface area (Å²) in [5, 5.41) is 11.4. The minimum atomic E-state index is -0.392. The average Bonchev–Trinajstić information content (AvgIpc) is 2.99. The maximum atomic E-state index is 12.0. The Kier molecular flexibility index (Phi) is 5.48. The van der Waals surface area contributed by atoms with E-state index in [1.165, 1.54) is 0 Å². The van der Waals surface area contributed by atoms with E-state index in [-0.39, 0.29) is 0 Å². The van der Waals surface area contributed by atoms with Gasteiger partial charge >= 0.3 is 6.03 Å². The Morgan fingerprint density at radius 3 is 2.40 bits per heavy atom. The first-order valence-electron chi connectivity index (χ1n) is 7.30. The van der Waals surface area contributed by atoms with E-state index in [1.807, 2.05) is 6.07 Å². The number of carbonyl (C=O) groups excluding carboxylic acids is 1. The fourth-order valence-corrected chi connectivity index (χ4v) is 2.75. The molecule has 0 saturated heterocycles. The van der Waals surface area contributed by atoms with Crippen molar-refractivity contribution in [3.63, 3.8) is 0 Å². The molecule has 0 unspecified atom stereocenters. The predicted octanol–water partition coefficient (Wildman–Crippen LogP) is 5.54. The summed E-state index contributed by atoms with van der Waals surface area (Å²) in [4.78, 5) is 12.0. The van der Waals surface area contributed by atoms with Gasteiger partial charge in [0.15, 0.2) is 5.82 Å². The number of urea groups is 1. The highest BCUT2D eigenvalue weighted by Crippen LogP contribution is 2.22. The minimum absolute atomic E-state index is 0.392. The van der Waals surface area contributed by atoms with Crippen LogP contribution in [0, 0.1) is 0 Å². The van der Waals surface area contributed by atoms with Gasteiger partial charge in [-0.25, -0.2) is 4.79 Å². The third-order valence-electron chi connectivity index (χ3n) is 3.33. The van der Waals surface area contributed by atoms with Crippen LogP contribution in [0.3, 0.4) is 0 Å². The van der Waals surface area contributed by atoms with E-state index < -0.39 is 6.03 Å². The van der Waals surface area contributed by atoms with Gasteiger partial charge < -0.3 is 5.32 Å². The average molecular weight is 396 g/mol. The maximum Gasteiger partial charge on any atom is 0.324 e. The van der Waals surface area contributed by atoms with Gasteiger partial charge in [0.05, 0.1) is 6.54 Å². The molecule has 0 aliphatic heterocycles. The number of halogens is 3. The summed E-state index contributed by atoms with van der Waals surface area (Å²) >= 11 is 17.9. The maximum absolute atomic E-state index is 12.0. The molecule has 0 fully saturated rings. The van der Waals surface area contributed by atoms with Crippen molar-refractivity contribution < 1.29 is 4.79 Å². The third kappa shape index (κ3) is 4.89. The van der Waals surface area contributed by atoms with Crippen molar-refractivity contribution in [2.45, 2.75) is 6.54 Å². The van der Waals surface area contributed by atoms with E-state index in [2.05, 4.69) is 15.7 Å². The highest BCUT2D eigenvalue weighted by molar-refractivity contribution is 6.35. The summed E-state index contributed by atoms with van der Waals surface area (Å²) in [5.41, 5.74) is 1.51. The number of anilines is 2. The molecule has 0 saturated carbocycles. The van der Waals surface area contributed by atoms with Gasteiger partial charge in [-0.1, -0.05) is 40.9 Å². The Morgan fingerprint density at radius 2 is 1.68 bits per heavy atom. The second-order valence-corrected chi connectivity index (χ2v) is 6.50. The SMILES string of the molecule is O=C(Nc1ccc(Cl)cc1)Nc1ccn(Cc2ccc(Cl)cc2Cl)n1. The van der Waals surface area contributed by atoms with Gasteiger partial charge in [0.1, 0.15) is 0 Å². The lowest BCUT2D eigenvalue weighted by atomic mass is 10.2. The molecular formula is C17H13Cl3N4O. The topological polar surface area (TPSA) is 59.0 Å². The van der Waals surface area contributed by atoms with Gasteiger partial charge in [0, 0.05) is 33.0 Å². The number of hydrogen-bond acceptors (Lipinski definition) is 2. The lowest BCUT2D eigenvalue weighted by molar-refractivity contribution is 0.262. The molecule has 0 aliphatic carbocycles. The van der Waals surface area contributed by atoms with E-state index in [1.54, 1.807) is 53.3 Å². The molecule has 2 N–H and O–H groups in total. The molecule has 1 aromatic heterocycles. The zero-order valence-corrected chi connectivity index (χ0v) is 15.1. The number of nitrogens with zero attached hydrogens (tertiary/aromatic N) is 2. The molecule has 5 nitrogen and oxygen atoms in total. The number of aromatic nitrogens is 2. The smallest absolute Gasteiger partial charge is 0.308 e. The molecule has 8 heteroatoms. The van der Waals surface area contributed by atoms with E-state index >= 15 is 0 Å². The van der Waals surface area contributed by atoms with Gasteiger partial charge in [-0.05, 0) is 42.0 Å². The highest BCUT2D eigenvalue weighted by Gasteiger charge is 2.07. The molecule has 0 bridgehead atoms. The van der Waals surface area contributed by atoms with Crippen molar-refractivity contribution in [1.29, 1.82) is 0 Å². The molecule has 2 amide bonds. The molecule has 1 heterocycles. The number of benzene rings is 2. The monoisotopic (exact) mass is 394 g/mol. The Hall–Kier alpha value is -2.21. The highest BCUT2D eigenvalue weighted by atomic mass is 35.5. The molecule has 0 aliphatic rings.